The lowest BCUT2D eigenvalue weighted by Crippen LogP contribution is -2.29. The molecule has 1 atom stereocenters. The molecule has 0 amide bonds. The fraction of sp³-hybridized carbons (Fsp3) is 0.412. The van der Waals surface area contributed by atoms with Crippen LogP contribution in [0.25, 0.3) is 6.08 Å². The summed E-state index contributed by atoms with van der Waals surface area (Å²) >= 11 is 1.67. The smallest absolute Gasteiger partial charge is 0.177 e. The van der Waals surface area contributed by atoms with Crippen LogP contribution in [0.2, 0.25) is 0 Å². The van der Waals surface area contributed by atoms with Crippen LogP contribution in [-0.2, 0) is 9.57 Å². The largest absolute Gasteiger partial charge is 0.351 e. The zero-order chi connectivity index (χ0) is 14.8. The van der Waals surface area contributed by atoms with Crippen LogP contribution >= 0.6 is 11.8 Å². The van der Waals surface area contributed by atoms with Crippen LogP contribution in [0.3, 0.4) is 0 Å². The molecule has 0 aliphatic carbocycles. The summed E-state index contributed by atoms with van der Waals surface area (Å²) in [5.74, 6) is 3.33. The van der Waals surface area contributed by atoms with Crippen molar-refractivity contribution < 1.29 is 9.57 Å². The SMILES string of the molecule is C#CCSc1ccccc1C=CCNOC1CCCCO1. The normalized spacial score (nSPS) is 18.7. The van der Waals surface area contributed by atoms with Gasteiger partial charge in [0.25, 0.3) is 0 Å². The molecular formula is C17H21NO2S. The monoisotopic (exact) mass is 303 g/mol. The highest BCUT2D eigenvalue weighted by Gasteiger charge is 2.13. The fourth-order valence-electron chi connectivity index (χ4n) is 2.05. The van der Waals surface area contributed by atoms with Gasteiger partial charge in [0.15, 0.2) is 6.29 Å². The second-order valence-electron chi connectivity index (χ2n) is 4.70. The first-order valence-corrected chi connectivity index (χ1v) is 8.20. The number of terminal acetylenes is 1. The van der Waals surface area contributed by atoms with Crippen molar-refractivity contribution in [3.8, 4) is 12.3 Å². The summed E-state index contributed by atoms with van der Waals surface area (Å²) in [6.07, 6.45) is 12.6. The predicted molar refractivity (Wildman–Crippen MR) is 87.7 cm³/mol. The van der Waals surface area contributed by atoms with Gasteiger partial charge in [-0.3, -0.25) is 4.84 Å². The minimum Gasteiger partial charge on any atom is -0.351 e. The molecule has 0 aromatic heterocycles. The third kappa shape index (κ3) is 5.94. The number of rotatable bonds is 7. The molecule has 112 valence electrons. The molecular weight excluding hydrogens is 282 g/mol. The molecule has 2 rings (SSSR count). The van der Waals surface area contributed by atoms with Crippen LogP contribution < -0.4 is 5.48 Å². The summed E-state index contributed by atoms with van der Waals surface area (Å²) in [4.78, 5) is 6.66. The van der Waals surface area contributed by atoms with Gasteiger partial charge < -0.3 is 4.74 Å². The highest BCUT2D eigenvalue weighted by molar-refractivity contribution is 7.99. The van der Waals surface area contributed by atoms with E-state index in [4.69, 9.17) is 16.0 Å². The lowest BCUT2D eigenvalue weighted by molar-refractivity contribution is -0.194. The van der Waals surface area contributed by atoms with Gasteiger partial charge >= 0.3 is 0 Å². The molecule has 3 nitrogen and oxygen atoms in total. The molecule has 1 aliphatic rings. The summed E-state index contributed by atoms with van der Waals surface area (Å²) in [7, 11) is 0. The zero-order valence-electron chi connectivity index (χ0n) is 12.1. The summed E-state index contributed by atoms with van der Waals surface area (Å²) in [6, 6.07) is 8.22. The van der Waals surface area contributed by atoms with Gasteiger partial charge in [-0.1, -0.05) is 36.3 Å². The Morgan fingerprint density at radius 3 is 3.14 bits per heavy atom. The second kappa shape index (κ2) is 9.64. The molecule has 1 aromatic rings. The van der Waals surface area contributed by atoms with Gasteiger partial charge in [0.1, 0.15) is 0 Å². The molecule has 0 saturated carbocycles. The van der Waals surface area contributed by atoms with Crippen LogP contribution in [0.5, 0.6) is 0 Å². The molecule has 0 bridgehead atoms. The van der Waals surface area contributed by atoms with Gasteiger partial charge in [-0.25, -0.2) is 0 Å². The van der Waals surface area contributed by atoms with Crippen molar-refractivity contribution in [1.82, 2.24) is 5.48 Å². The maximum atomic E-state index is 5.48. The van der Waals surface area contributed by atoms with Crippen molar-refractivity contribution in [2.45, 2.75) is 30.4 Å². The molecule has 0 spiro atoms. The van der Waals surface area contributed by atoms with Crippen molar-refractivity contribution in [2.24, 2.45) is 0 Å². The molecule has 1 saturated heterocycles. The van der Waals surface area contributed by atoms with Crippen molar-refractivity contribution >= 4 is 17.8 Å². The van der Waals surface area contributed by atoms with E-state index in [1.54, 1.807) is 11.8 Å². The fourth-order valence-corrected chi connectivity index (χ4v) is 2.76. The Balaban J connectivity index is 1.74. The highest BCUT2D eigenvalue weighted by atomic mass is 32.2. The Morgan fingerprint density at radius 2 is 2.33 bits per heavy atom. The van der Waals surface area contributed by atoms with E-state index in [9.17, 15) is 0 Å². The molecule has 1 N–H and O–H groups in total. The quantitative estimate of drug-likeness (QED) is 0.362. The summed E-state index contributed by atoms with van der Waals surface area (Å²) in [6.45, 7) is 1.44. The Bertz CT molecular complexity index is 490. The van der Waals surface area contributed by atoms with Crippen molar-refractivity contribution in [3.63, 3.8) is 0 Å². The number of thioether (sulfide) groups is 1. The topological polar surface area (TPSA) is 30.5 Å². The van der Waals surface area contributed by atoms with Gasteiger partial charge in [0.05, 0.1) is 5.75 Å². The van der Waals surface area contributed by atoms with E-state index in [1.807, 2.05) is 18.2 Å². The minimum absolute atomic E-state index is 0.106. The molecule has 0 radical (unpaired) electrons. The number of nitrogens with one attached hydrogen (secondary N) is 1. The van der Waals surface area contributed by atoms with Crippen LogP contribution in [0.4, 0.5) is 0 Å². The van der Waals surface area contributed by atoms with Gasteiger partial charge in [-0.2, -0.15) is 5.48 Å². The standard InChI is InChI=1S/C17H21NO2S/c1-2-14-21-16-10-4-3-8-15(16)9-7-12-18-20-17-11-5-6-13-19-17/h1,3-4,7-10,17-18H,5-6,11-14H2. The number of hydroxylamine groups is 1. The lowest BCUT2D eigenvalue weighted by atomic mass is 10.2. The number of benzene rings is 1. The third-order valence-corrected chi connectivity index (χ3v) is 4.08. The minimum atomic E-state index is -0.106. The predicted octanol–water partition coefficient (Wildman–Crippen LogP) is 3.47. The van der Waals surface area contributed by atoms with Crippen LogP contribution in [0.1, 0.15) is 24.8 Å². The first-order valence-electron chi connectivity index (χ1n) is 7.22. The van der Waals surface area contributed by atoms with Crippen LogP contribution in [0, 0.1) is 12.3 Å². The van der Waals surface area contributed by atoms with Gasteiger partial charge in [0, 0.05) is 24.5 Å². The first kappa shape index (κ1) is 16.1. The zero-order valence-corrected chi connectivity index (χ0v) is 12.9. The summed E-state index contributed by atoms with van der Waals surface area (Å²) < 4.78 is 5.48. The maximum absolute atomic E-state index is 5.48. The Morgan fingerprint density at radius 1 is 1.43 bits per heavy atom. The first-order chi connectivity index (χ1) is 10.4. The van der Waals surface area contributed by atoms with Crippen molar-refractivity contribution in [1.29, 1.82) is 0 Å². The Kier molecular flexibility index (Phi) is 7.41. The van der Waals surface area contributed by atoms with E-state index >= 15 is 0 Å². The maximum Gasteiger partial charge on any atom is 0.177 e. The van der Waals surface area contributed by atoms with E-state index in [0.717, 1.165) is 19.4 Å². The molecule has 1 aromatic carbocycles. The van der Waals surface area contributed by atoms with E-state index in [2.05, 4.69) is 29.6 Å². The summed E-state index contributed by atoms with van der Waals surface area (Å²) in [5, 5.41) is 0. The Labute approximate surface area is 131 Å². The molecule has 1 heterocycles. The Hall–Kier alpha value is -1.25. The second-order valence-corrected chi connectivity index (χ2v) is 5.71. The van der Waals surface area contributed by atoms with Crippen molar-refractivity contribution in [3.05, 3.63) is 35.9 Å². The number of ether oxygens (including phenoxy) is 1. The molecule has 1 unspecified atom stereocenters. The molecule has 1 fully saturated rings. The van der Waals surface area contributed by atoms with E-state index < -0.39 is 0 Å². The molecule has 1 aliphatic heterocycles. The van der Waals surface area contributed by atoms with Crippen molar-refractivity contribution in [2.75, 3.05) is 18.9 Å². The van der Waals surface area contributed by atoms with Crippen LogP contribution in [-0.4, -0.2) is 25.2 Å². The van der Waals surface area contributed by atoms with Gasteiger partial charge in [0.2, 0.25) is 0 Å². The van der Waals surface area contributed by atoms with E-state index in [-0.39, 0.29) is 6.29 Å². The third-order valence-electron chi connectivity index (χ3n) is 3.08. The van der Waals surface area contributed by atoms with Crippen LogP contribution in [0.15, 0.2) is 35.2 Å². The number of hydrogen-bond acceptors (Lipinski definition) is 4. The highest BCUT2D eigenvalue weighted by Crippen LogP contribution is 2.23. The molecule has 21 heavy (non-hydrogen) atoms. The van der Waals surface area contributed by atoms with Gasteiger partial charge in [-0.05, 0) is 24.5 Å². The average Bonchev–Trinajstić information content (AvgIpc) is 2.54. The number of hydrogen-bond donors (Lipinski definition) is 1. The van der Waals surface area contributed by atoms with Gasteiger partial charge in [-0.15, -0.1) is 18.2 Å². The van der Waals surface area contributed by atoms with E-state index in [1.165, 1.54) is 16.9 Å². The summed E-state index contributed by atoms with van der Waals surface area (Å²) in [5.41, 5.74) is 4.11. The molecule has 4 heteroatoms. The average molecular weight is 303 g/mol. The van der Waals surface area contributed by atoms with E-state index in [0.29, 0.717) is 12.3 Å². The lowest BCUT2D eigenvalue weighted by Gasteiger charge is -2.21.